The minimum Gasteiger partial charge on any atom is -0.504 e. The van der Waals surface area contributed by atoms with E-state index in [1.807, 2.05) is 0 Å². The Morgan fingerprint density at radius 3 is 2.45 bits per heavy atom. The first-order chi connectivity index (χ1) is 14.7. The maximum Gasteiger partial charge on any atom is 0.323 e. The smallest absolute Gasteiger partial charge is 0.323 e. The standard InChI is InChI=1S/C21H23ClFN3O4S/c1-11-16(23)3-2-4-17(11)25-21(28)26-18-8-7-15(22)20(19(18)27)31(29,30)14-9-12-5-6-13(10-14)24-12/h2-4,7-8,12-14,24,27H,5-6,9-10H2,1H3,(H2,25,26,28)/t12-,13-/m1/s1. The van der Waals surface area contributed by atoms with Crippen LogP contribution in [0.3, 0.4) is 0 Å². The summed E-state index contributed by atoms with van der Waals surface area (Å²) in [5, 5.41) is 18.3. The molecule has 0 aromatic heterocycles. The van der Waals surface area contributed by atoms with Crippen LogP contribution in [0.2, 0.25) is 5.02 Å². The maximum atomic E-state index is 13.7. The van der Waals surface area contributed by atoms with Gasteiger partial charge in [0.15, 0.2) is 15.6 Å². The molecule has 2 amide bonds. The first-order valence-corrected chi connectivity index (χ1v) is 11.9. The van der Waals surface area contributed by atoms with E-state index in [0.29, 0.717) is 12.8 Å². The van der Waals surface area contributed by atoms with Gasteiger partial charge in [0.1, 0.15) is 10.7 Å². The highest BCUT2D eigenvalue weighted by atomic mass is 35.5. The van der Waals surface area contributed by atoms with E-state index in [1.165, 1.54) is 37.3 Å². The van der Waals surface area contributed by atoms with Crippen LogP contribution in [0.25, 0.3) is 0 Å². The lowest BCUT2D eigenvalue weighted by molar-refractivity contribution is 0.262. The van der Waals surface area contributed by atoms with Gasteiger partial charge in [-0.05, 0) is 56.9 Å². The van der Waals surface area contributed by atoms with Gasteiger partial charge in [0, 0.05) is 23.3 Å². The second-order valence-electron chi connectivity index (χ2n) is 8.04. The Bertz CT molecular complexity index is 1130. The molecule has 0 aliphatic carbocycles. The Morgan fingerprint density at radius 1 is 1.13 bits per heavy atom. The Labute approximate surface area is 184 Å². The number of urea groups is 1. The number of carbonyl (C=O) groups excluding carboxylic acids is 1. The second-order valence-corrected chi connectivity index (χ2v) is 10.6. The van der Waals surface area contributed by atoms with E-state index in [-0.39, 0.29) is 38.9 Å². The zero-order valence-electron chi connectivity index (χ0n) is 16.8. The van der Waals surface area contributed by atoms with Gasteiger partial charge in [-0.25, -0.2) is 17.6 Å². The molecule has 0 saturated carbocycles. The van der Waals surface area contributed by atoms with E-state index >= 15 is 0 Å². The topological polar surface area (TPSA) is 108 Å². The Balaban J connectivity index is 1.59. The van der Waals surface area contributed by atoms with Gasteiger partial charge < -0.3 is 21.1 Å². The number of phenolic OH excluding ortho intramolecular Hbond substituents is 1. The first-order valence-electron chi connectivity index (χ1n) is 10.0. The van der Waals surface area contributed by atoms with Crippen LogP contribution in [0.4, 0.5) is 20.6 Å². The number of piperidine rings is 1. The fourth-order valence-corrected chi connectivity index (χ4v) is 6.86. The molecule has 31 heavy (non-hydrogen) atoms. The van der Waals surface area contributed by atoms with Crippen LogP contribution < -0.4 is 16.0 Å². The molecule has 2 aromatic carbocycles. The molecule has 2 atom stereocenters. The largest absolute Gasteiger partial charge is 0.504 e. The zero-order valence-corrected chi connectivity index (χ0v) is 18.4. The summed E-state index contributed by atoms with van der Waals surface area (Å²) in [6, 6.07) is 6.42. The summed E-state index contributed by atoms with van der Waals surface area (Å²) in [6.45, 7) is 1.52. The predicted octanol–water partition coefficient (Wildman–Crippen LogP) is 4.19. The molecule has 4 rings (SSSR count). The highest BCUT2D eigenvalue weighted by Gasteiger charge is 2.42. The molecular weight excluding hydrogens is 445 g/mol. The number of carbonyl (C=O) groups is 1. The molecule has 2 aliphatic heterocycles. The second kappa shape index (κ2) is 8.29. The van der Waals surface area contributed by atoms with E-state index in [4.69, 9.17) is 11.6 Å². The van der Waals surface area contributed by atoms with Crippen molar-refractivity contribution in [2.24, 2.45) is 0 Å². The van der Waals surface area contributed by atoms with E-state index in [1.54, 1.807) is 0 Å². The van der Waals surface area contributed by atoms with Crippen molar-refractivity contribution in [3.05, 3.63) is 46.7 Å². The fraction of sp³-hybridized carbons (Fsp3) is 0.381. The lowest BCUT2D eigenvalue weighted by atomic mass is 10.1. The van der Waals surface area contributed by atoms with Crippen LogP contribution in [0.5, 0.6) is 5.75 Å². The number of amides is 2. The normalized spacial score (nSPS) is 22.9. The molecule has 2 aromatic rings. The zero-order chi connectivity index (χ0) is 22.3. The molecule has 0 spiro atoms. The number of rotatable bonds is 4. The molecule has 0 unspecified atom stereocenters. The van der Waals surface area contributed by atoms with Crippen molar-refractivity contribution in [1.29, 1.82) is 0 Å². The van der Waals surface area contributed by atoms with Gasteiger partial charge in [0.05, 0.1) is 16.0 Å². The number of nitrogens with one attached hydrogen (secondary N) is 3. The maximum absolute atomic E-state index is 13.7. The van der Waals surface area contributed by atoms with Gasteiger partial charge in [0.2, 0.25) is 0 Å². The number of phenols is 1. The van der Waals surface area contributed by atoms with Crippen molar-refractivity contribution in [3.8, 4) is 5.75 Å². The molecule has 10 heteroatoms. The molecule has 2 saturated heterocycles. The SMILES string of the molecule is Cc1c(F)cccc1NC(=O)Nc1ccc(Cl)c(S(=O)(=O)C2C[C@H]3CC[C@H](C2)N3)c1O. The molecule has 0 radical (unpaired) electrons. The summed E-state index contributed by atoms with van der Waals surface area (Å²) in [4.78, 5) is 12.0. The summed E-state index contributed by atoms with van der Waals surface area (Å²) in [6.07, 6.45) is 2.76. The number of aromatic hydroxyl groups is 1. The quantitative estimate of drug-likeness (QED) is 0.504. The lowest BCUT2D eigenvalue weighted by Gasteiger charge is -2.29. The summed E-state index contributed by atoms with van der Waals surface area (Å²) >= 11 is 6.17. The van der Waals surface area contributed by atoms with Crippen LogP contribution in [0, 0.1) is 12.7 Å². The van der Waals surface area contributed by atoms with E-state index in [0.717, 1.165) is 12.8 Å². The van der Waals surface area contributed by atoms with E-state index < -0.39 is 32.7 Å². The highest BCUT2D eigenvalue weighted by molar-refractivity contribution is 7.92. The molecule has 2 heterocycles. The molecule has 2 bridgehead atoms. The average Bonchev–Trinajstić information content (AvgIpc) is 3.05. The van der Waals surface area contributed by atoms with Crippen molar-refractivity contribution in [2.45, 2.75) is 54.8 Å². The van der Waals surface area contributed by atoms with Gasteiger partial charge >= 0.3 is 6.03 Å². The summed E-state index contributed by atoms with van der Waals surface area (Å²) in [5.74, 6) is -1.08. The molecule has 4 N–H and O–H groups in total. The van der Waals surface area contributed by atoms with Crippen molar-refractivity contribution in [1.82, 2.24) is 5.32 Å². The predicted molar refractivity (Wildman–Crippen MR) is 117 cm³/mol. The number of hydrogen-bond acceptors (Lipinski definition) is 5. The average molecular weight is 468 g/mol. The highest BCUT2D eigenvalue weighted by Crippen LogP contribution is 2.42. The van der Waals surface area contributed by atoms with Gasteiger partial charge in [-0.1, -0.05) is 17.7 Å². The van der Waals surface area contributed by atoms with Gasteiger partial charge in [0.25, 0.3) is 0 Å². The van der Waals surface area contributed by atoms with Crippen LogP contribution in [0.15, 0.2) is 35.2 Å². The first kappa shape index (κ1) is 21.9. The summed E-state index contributed by atoms with van der Waals surface area (Å²) in [7, 11) is -3.92. The van der Waals surface area contributed by atoms with Crippen LogP contribution in [-0.4, -0.2) is 36.9 Å². The number of fused-ring (bicyclic) bond motifs is 2. The molecule has 7 nitrogen and oxygen atoms in total. The number of halogens is 2. The van der Waals surface area contributed by atoms with Crippen molar-refractivity contribution < 1.29 is 22.7 Å². The number of hydrogen-bond donors (Lipinski definition) is 4. The summed E-state index contributed by atoms with van der Waals surface area (Å²) < 4.78 is 40.3. The van der Waals surface area contributed by atoms with Crippen LogP contribution in [-0.2, 0) is 9.84 Å². The monoisotopic (exact) mass is 467 g/mol. The molecule has 166 valence electrons. The Hall–Kier alpha value is -2.36. The van der Waals surface area contributed by atoms with Crippen molar-refractivity contribution in [2.75, 3.05) is 10.6 Å². The third-order valence-electron chi connectivity index (χ3n) is 6.00. The van der Waals surface area contributed by atoms with Gasteiger partial charge in [-0.15, -0.1) is 0 Å². The number of benzene rings is 2. The van der Waals surface area contributed by atoms with Crippen LogP contribution in [0.1, 0.15) is 31.2 Å². The Kier molecular flexibility index (Phi) is 5.85. The summed E-state index contributed by atoms with van der Waals surface area (Å²) in [5.41, 5.74) is 0.400. The van der Waals surface area contributed by atoms with E-state index in [9.17, 15) is 22.7 Å². The minimum atomic E-state index is -3.92. The van der Waals surface area contributed by atoms with Gasteiger partial charge in [-0.2, -0.15) is 0 Å². The third kappa shape index (κ3) is 4.22. The van der Waals surface area contributed by atoms with Crippen molar-refractivity contribution >= 4 is 38.8 Å². The lowest BCUT2D eigenvalue weighted by Crippen LogP contribution is -2.43. The fourth-order valence-electron chi connectivity index (χ4n) is 4.36. The van der Waals surface area contributed by atoms with Gasteiger partial charge in [-0.3, -0.25) is 0 Å². The Morgan fingerprint density at radius 2 is 1.77 bits per heavy atom. The number of anilines is 2. The third-order valence-corrected chi connectivity index (χ3v) is 8.67. The molecular formula is C21H23ClFN3O4S. The molecule has 2 aliphatic rings. The van der Waals surface area contributed by atoms with E-state index in [2.05, 4.69) is 16.0 Å². The minimum absolute atomic E-state index is 0.102. The molecule has 2 fully saturated rings. The van der Waals surface area contributed by atoms with Crippen molar-refractivity contribution in [3.63, 3.8) is 0 Å². The number of sulfone groups is 1. The van der Waals surface area contributed by atoms with Crippen LogP contribution >= 0.6 is 11.6 Å².